The largest absolute Gasteiger partial charge is 0.483 e. The van der Waals surface area contributed by atoms with Gasteiger partial charge >= 0.3 is 0 Å². The van der Waals surface area contributed by atoms with E-state index >= 15 is 0 Å². The maximum Gasteiger partial charge on any atom is 0.191 e. The van der Waals surface area contributed by atoms with Crippen molar-refractivity contribution in [3.05, 3.63) is 63.4 Å². The summed E-state index contributed by atoms with van der Waals surface area (Å²) >= 11 is 3.20. The summed E-state index contributed by atoms with van der Waals surface area (Å²) in [6.45, 7) is 0.0255. The topological polar surface area (TPSA) is 35.2 Å². The van der Waals surface area contributed by atoms with Crippen LogP contribution in [0.15, 0.2) is 34.8 Å². The molecule has 0 aliphatic rings. The van der Waals surface area contributed by atoms with Gasteiger partial charge in [0.15, 0.2) is 17.4 Å². The van der Waals surface area contributed by atoms with Gasteiger partial charge in [-0.1, -0.05) is 15.9 Å². The Morgan fingerprint density at radius 2 is 1.67 bits per heavy atom. The minimum Gasteiger partial charge on any atom is -0.483 e. The number of nitrogens with two attached hydrogens (primary N) is 1. The van der Waals surface area contributed by atoms with Crippen LogP contribution in [0.3, 0.4) is 0 Å². The molecular formula is C15H13BrF3NO. The van der Waals surface area contributed by atoms with Gasteiger partial charge in [0, 0.05) is 10.0 Å². The van der Waals surface area contributed by atoms with Gasteiger partial charge in [0.05, 0.1) is 0 Å². The van der Waals surface area contributed by atoms with Crippen molar-refractivity contribution in [1.82, 2.24) is 0 Å². The molecule has 0 spiro atoms. The molecule has 2 rings (SSSR count). The first-order valence-electron chi connectivity index (χ1n) is 6.26. The summed E-state index contributed by atoms with van der Waals surface area (Å²) in [5, 5.41) is 0. The molecule has 0 fully saturated rings. The first kappa shape index (κ1) is 15.9. The number of hydrogen-bond donors (Lipinski definition) is 1. The zero-order chi connectivity index (χ0) is 15.4. The fourth-order valence-electron chi connectivity index (χ4n) is 1.87. The molecule has 2 N–H and O–H groups in total. The Bertz CT molecular complexity index is 626. The highest BCUT2D eigenvalue weighted by atomic mass is 79.9. The Labute approximate surface area is 128 Å². The van der Waals surface area contributed by atoms with Gasteiger partial charge in [-0.2, -0.15) is 0 Å². The van der Waals surface area contributed by atoms with Crippen molar-refractivity contribution in [2.45, 2.75) is 13.0 Å². The molecule has 0 aliphatic carbocycles. The average molecular weight is 360 g/mol. The van der Waals surface area contributed by atoms with Crippen LogP contribution < -0.4 is 10.5 Å². The van der Waals surface area contributed by atoms with Crippen molar-refractivity contribution >= 4 is 15.9 Å². The van der Waals surface area contributed by atoms with E-state index in [0.29, 0.717) is 23.0 Å². The Balaban J connectivity index is 2.18. The lowest BCUT2D eigenvalue weighted by molar-refractivity contribution is 0.269. The van der Waals surface area contributed by atoms with Gasteiger partial charge in [0.25, 0.3) is 0 Å². The maximum atomic E-state index is 13.8. The minimum absolute atomic E-state index is 0.203. The lowest BCUT2D eigenvalue weighted by Crippen LogP contribution is -2.06. The van der Waals surface area contributed by atoms with Crippen LogP contribution in [-0.4, -0.2) is 6.54 Å². The summed E-state index contributed by atoms with van der Waals surface area (Å²) in [4.78, 5) is 0. The summed E-state index contributed by atoms with van der Waals surface area (Å²) in [5.74, 6) is -2.67. The number of rotatable bonds is 5. The highest BCUT2D eigenvalue weighted by Crippen LogP contribution is 2.25. The SMILES string of the molecule is NCCc1cc(F)c(OCc2cc(Br)ccc2F)c(F)c1. The molecule has 0 bridgehead atoms. The third-order valence-corrected chi connectivity index (χ3v) is 3.36. The number of ether oxygens (including phenoxy) is 1. The van der Waals surface area contributed by atoms with Crippen LogP contribution in [0.4, 0.5) is 13.2 Å². The van der Waals surface area contributed by atoms with E-state index in [1.54, 1.807) is 0 Å². The van der Waals surface area contributed by atoms with Crippen LogP contribution in [-0.2, 0) is 13.0 Å². The van der Waals surface area contributed by atoms with Crippen molar-refractivity contribution in [2.75, 3.05) is 6.54 Å². The van der Waals surface area contributed by atoms with Gasteiger partial charge < -0.3 is 10.5 Å². The lowest BCUT2D eigenvalue weighted by atomic mass is 10.1. The van der Waals surface area contributed by atoms with Crippen LogP contribution in [0.5, 0.6) is 5.75 Å². The fraction of sp³-hybridized carbons (Fsp3) is 0.200. The lowest BCUT2D eigenvalue weighted by Gasteiger charge is -2.11. The third kappa shape index (κ3) is 3.98. The highest BCUT2D eigenvalue weighted by molar-refractivity contribution is 9.10. The first-order chi connectivity index (χ1) is 10.0. The zero-order valence-corrected chi connectivity index (χ0v) is 12.6. The fourth-order valence-corrected chi connectivity index (χ4v) is 2.27. The van der Waals surface area contributed by atoms with E-state index in [4.69, 9.17) is 10.5 Å². The normalized spacial score (nSPS) is 10.7. The molecule has 2 aromatic carbocycles. The molecule has 21 heavy (non-hydrogen) atoms. The number of benzene rings is 2. The quantitative estimate of drug-likeness (QED) is 0.877. The van der Waals surface area contributed by atoms with Gasteiger partial charge in [-0.3, -0.25) is 0 Å². The predicted molar refractivity (Wildman–Crippen MR) is 77.5 cm³/mol. The van der Waals surface area contributed by atoms with Gasteiger partial charge in [0.1, 0.15) is 12.4 Å². The molecule has 0 aliphatic heterocycles. The molecule has 0 heterocycles. The molecule has 0 unspecified atom stereocenters. The van der Waals surface area contributed by atoms with Crippen molar-refractivity contribution in [3.63, 3.8) is 0 Å². The van der Waals surface area contributed by atoms with E-state index in [1.807, 2.05) is 0 Å². The van der Waals surface area contributed by atoms with Crippen LogP contribution >= 0.6 is 15.9 Å². The second-order valence-electron chi connectivity index (χ2n) is 4.45. The molecule has 0 atom stereocenters. The van der Waals surface area contributed by atoms with Crippen molar-refractivity contribution in [1.29, 1.82) is 0 Å². The Hall–Kier alpha value is -1.53. The zero-order valence-electron chi connectivity index (χ0n) is 11.0. The van der Waals surface area contributed by atoms with E-state index in [1.165, 1.54) is 30.3 Å². The Kier molecular flexibility index (Phi) is 5.25. The smallest absolute Gasteiger partial charge is 0.191 e. The predicted octanol–water partition coefficient (Wildman–Crippen LogP) is 3.95. The molecule has 0 radical (unpaired) electrons. The van der Waals surface area contributed by atoms with E-state index in [2.05, 4.69) is 15.9 Å². The second-order valence-corrected chi connectivity index (χ2v) is 5.37. The average Bonchev–Trinajstić information content (AvgIpc) is 2.42. The van der Waals surface area contributed by atoms with Crippen LogP contribution in [0.1, 0.15) is 11.1 Å². The Morgan fingerprint density at radius 1 is 1.00 bits per heavy atom. The molecule has 2 aromatic rings. The number of hydrogen-bond acceptors (Lipinski definition) is 2. The van der Waals surface area contributed by atoms with E-state index in [9.17, 15) is 13.2 Å². The van der Waals surface area contributed by atoms with E-state index < -0.39 is 23.2 Å². The Morgan fingerprint density at radius 3 is 2.29 bits per heavy atom. The second kappa shape index (κ2) is 6.95. The van der Waals surface area contributed by atoms with Gasteiger partial charge in [-0.15, -0.1) is 0 Å². The third-order valence-electron chi connectivity index (χ3n) is 2.87. The van der Waals surface area contributed by atoms with Crippen LogP contribution in [0.2, 0.25) is 0 Å². The van der Waals surface area contributed by atoms with Crippen LogP contribution in [0, 0.1) is 17.5 Å². The standard InChI is InChI=1S/C15H13BrF3NO/c16-11-1-2-12(17)10(7-11)8-21-15-13(18)5-9(3-4-20)6-14(15)19/h1-2,5-7H,3-4,8,20H2. The molecule has 0 saturated heterocycles. The number of halogens is 4. The monoisotopic (exact) mass is 359 g/mol. The van der Waals surface area contributed by atoms with Gasteiger partial charge in [-0.05, 0) is 48.9 Å². The minimum atomic E-state index is -0.825. The molecular weight excluding hydrogens is 347 g/mol. The summed E-state index contributed by atoms with van der Waals surface area (Å²) in [6, 6.07) is 6.61. The van der Waals surface area contributed by atoms with Crippen LogP contribution in [0.25, 0.3) is 0 Å². The first-order valence-corrected chi connectivity index (χ1v) is 7.05. The van der Waals surface area contributed by atoms with Gasteiger partial charge in [0.2, 0.25) is 0 Å². The van der Waals surface area contributed by atoms with E-state index in [-0.39, 0.29) is 12.2 Å². The highest BCUT2D eigenvalue weighted by Gasteiger charge is 2.14. The summed E-state index contributed by atoms with van der Waals surface area (Å²) < 4.78 is 46.9. The van der Waals surface area contributed by atoms with Crippen molar-refractivity contribution < 1.29 is 17.9 Å². The molecule has 0 aromatic heterocycles. The molecule has 0 amide bonds. The van der Waals surface area contributed by atoms with Crippen molar-refractivity contribution in [2.24, 2.45) is 5.73 Å². The summed E-state index contributed by atoms with van der Waals surface area (Å²) in [6.07, 6.45) is 0.369. The molecule has 2 nitrogen and oxygen atoms in total. The molecule has 0 saturated carbocycles. The van der Waals surface area contributed by atoms with Crippen molar-refractivity contribution in [3.8, 4) is 5.75 Å². The summed E-state index contributed by atoms with van der Waals surface area (Å²) in [7, 11) is 0. The maximum absolute atomic E-state index is 13.8. The molecule has 112 valence electrons. The summed E-state index contributed by atoms with van der Waals surface area (Å²) in [5.41, 5.74) is 6.00. The molecule has 6 heteroatoms. The van der Waals surface area contributed by atoms with Gasteiger partial charge in [-0.25, -0.2) is 13.2 Å². The van der Waals surface area contributed by atoms with E-state index in [0.717, 1.165) is 0 Å².